The Morgan fingerprint density at radius 1 is 1.31 bits per heavy atom. The molecule has 3 aromatic rings. The zero-order valence-corrected chi connectivity index (χ0v) is 15.1. The van der Waals surface area contributed by atoms with E-state index in [-0.39, 0.29) is 5.91 Å². The van der Waals surface area contributed by atoms with Gasteiger partial charge >= 0.3 is 0 Å². The fourth-order valence-corrected chi connectivity index (χ4v) is 4.03. The van der Waals surface area contributed by atoms with Crippen molar-refractivity contribution in [2.45, 2.75) is 24.9 Å². The first-order valence-electron chi connectivity index (χ1n) is 8.90. The van der Waals surface area contributed by atoms with E-state index in [2.05, 4.69) is 44.1 Å². The van der Waals surface area contributed by atoms with Gasteiger partial charge in [-0.3, -0.25) is 19.7 Å². The van der Waals surface area contributed by atoms with E-state index in [0.29, 0.717) is 6.54 Å². The number of hydrogen-bond acceptors (Lipinski definition) is 4. The molecule has 1 amide bonds. The molecule has 1 saturated heterocycles. The lowest BCUT2D eigenvalue weighted by Gasteiger charge is -2.38. The molecule has 2 aromatic heterocycles. The summed E-state index contributed by atoms with van der Waals surface area (Å²) in [6, 6.07) is 8.48. The number of fused-ring (bicyclic) bond motifs is 1. The van der Waals surface area contributed by atoms with Crippen LogP contribution in [0.25, 0.3) is 10.9 Å². The second kappa shape index (κ2) is 6.53. The predicted molar refractivity (Wildman–Crippen MR) is 100 cm³/mol. The van der Waals surface area contributed by atoms with Gasteiger partial charge in [0.05, 0.1) is 11.9 Å². The Balaban J connectivity index is 1.74. The Labute approximate surface area is 152 Å². The highest BCUT2D eigenvalue weighted by molar-refractivity contribution is 5.87. The van der Waals surface area contributed by atoms with Gasteiger partial charge in [-0.05, 0) is 42.5 Å². The number of aromatic amines is 1. The zero-order chi connectivity index (χ0) is 18.1. The molecule has 1 fully saturated rings. The van der Waals surface area contributed by atoms with Gasteiger partial charge in [-0.2, -0.15) is 0 Å². The fourth-order valence-electron chi connectivity index (χ4n) is 4.03. The highest BCUT2D eigenvalue weighted by Crippen LogP contribution is 2.40. The van der Waals surface area contributed by atoms with Gasteiger partial charge in [0.1, 0.15) is 5.54 Å². The molecule has 26 heavy (non-hydrogen) atoms. The Bertz CT molecular complexity index is 920. The molecular weight excluding hydrogens is 326 g/mol. The summed E-state index contributed by atoms with van der Waals surface area (Å²) >= 11 is 0. The summed E-state index contributed by atoms with van der Waals surface area (Å²) in [4.78, 5) is 29.2. The van der Waals surface area contributed by atoms with Gasteiger partial charge in [0.2, 0.25) is 5.91 Å². The van der Waals surface area contributed by atoms with Crippen LogP contribution in [-0.2, 0) is 16.9 Å². The molecule has 1 N–H and O–H groups in total. The minimum Gasteiger partial charge on any atom is -0.361 e. The molecule has 1 aromatic carbocycles. The summed E-state index contributed by atoms with van der Waals surface area (Å²) in [7, 11) is 3.61. The van der Waals surface area contributed by atoms with E-state index in [1.54, 1.807) is 23.5 Å². The first kappa shape index (κ1) is 16.7. The van der Waals surface area contributed by atoms with Crippen molar-refractivity contribution in [2.24, 2.45) is 0 Å². The molecule has 0 spiro atoms. The predicted octanol–water partition coefficient (Wildman–Crippen LogP) is 2.54. The maximum atomic E-state index is 13.2. The van der Waals surface area contributed by atoms with E-state index in [1.807, 2.05) is 20.3 Å². The summed E-state index contributed by atoms with van der Waals surface area (Å²) in [6.07, 6.45) is 8.71. The van der Waals surface area contributed by atoms with Crippen molar-refractivity contribution in [3.8, 4) is 0 Å². The number of aromatic nitrogens is 3. The minimum absolute atomic E-state index is 0.0662. The molecule has 1 aliphatic rings. The van der Waals surface area contributed by atoms with Crippen LogP contribution in [0.1, 0.15) is 24.1 Å². The third-order valence-corrected chi connectivity index (χ3v) is 5.25. The maximum absolute atomic E-state index is 13.2. The molecule has 1 atom stereocenters. The molecule has 3 heterocycles. The van der Waals surface area contributed by atoms with Crippen molar-refractivity contribution in [1.82, 2.24) is 24.8 Å². The van der Waals surface area contributed by atoms with Crippen LogP contribution in [0.15, 0.2) is 49.1 Å². The van der Waals surface area contributed by atoms with Gasteiger partial charge in [-0.15, -0.1) is 0 Å². The molecule has 0 bridgehead atoms. The lowest BCUT2D eigenvalue weighted by atomic mass is 9.90. The van der Waals surface area contributed by atoms with Gasteiger partial charge in [0, 0.05) is 44.7 Å². The van der Waals surface area contributed by atoms with Crippen LogP contribution in [0.2, 0.25) is 0 Å². The second-order valence-electron chi connectivity index (χ2n) is 7.07. The van der Waals surface area contributed by atoms with E-state index in [0.717, 1.165) is 30.6 Å². The van der Waals surface area contributed by atoms with Crippen LogP contribution >= 0.6 is 0 Å². The average Bonchev–Trinajstić information content (AvgIpc) is 3.29. The number of H-pyrrole nitrogens is 1. The number of amides is 1. The number of nitrogens with one attached hydrogen (secondary N) is 1. The summed E-state index contributed by atoms with van der Waals surface area (Å²) in [6.45, 7) is 1.56. The van der Waals surface area contributed by atoms with E-state index < -0.39 is 5.54 Å². The molecule has 0 radical (unpaired) electrons. The second-order valence-corrected chi connectivity index (χ2v) is 7.07. The number of likely N-dealkylation sites (tertiary alicyclic amines) is 1. The monoisotopic (exact) mass is 349 g/mol. The Morgan fingerprint density at radius 2 is 2.19 bits per heavy atom. The van der Waals surface area contributed by atoms with Gasteiger partial charge in [-0.25, -0.2) is 0 Å². The van der Waals surface area contributed by atoms with Crippen molar-refractivity contribution < 1.29 is 4.79 Å². The summed E-state index contributed by atoms with van der Waals surface area (Å²) in [5, 5.41) is 1.19. The first-order valence-corrected chi connectivity index (χ1v) is 8.90. The molecular formula is C20H23N5O. The number of benzene rings is 1. The maximum Gasteiger partial charge on any atom is 0.248 e. The van der Waals surface area contributed by atoms with Crippen molar-refractivity contribution in [3.05, 3.63) is 60.3 Å². The number of likely N-dealkylation sites (N-methyl/N-ethyl adjacent to an activating group) is 1. The molecule has 0 saturated carbocycles. The van der Waals surface area contributed by atoms with Crippen molar-refractivity contribution in [1.29, 1.82) is 0 Å². The van der Waals surface area contributed by atoms with Crippen LogP contribution in [0.4, 0.5) is 0 Å². The number of nitrogens with zero attached hydrogens (tertiary/aromatic N) is 4. The summed E-state index contributed by atoms with van der Waals surface area (Å²) in [5.74, 6) is 0.0662. The van der Waals surface area contributed by atoms with Crippen LogP contribution in [0.3, 0.4) is 0 Å². The Hall–Kier alpha value is -2.73. The normalized spacial score (nSPS) is 20.5. The van der Waals surface area contributed by atoms with Gasteiger partial charge in [0.25, 0.3) is 0 Å². The number of hydrogen-bond donors (Lipinski definition) is 1. The van der Waals surface area contributed by atoms with Crippen LogP contribution in [0, 0.1) is 0 Å². The Kier molecular flexibility index (Phi) is 4.20. The van der Waals surface area contributed by atoms with Crippen molar-refractivity contribution in [2.75, 3.05) is 20.6 Å². The molecule has 0 unspecified atom stereocenters. The zero-order valence-electron chi connectivity index (χ0n) is 15.1. The first-order chi connectivity index (χ1) is 12.6. The highest BCUT2D eigenvalue weighted by Gasteiger charge is 2.50. The average molecular weight is 349 g/mol. The molecule has 0 aliphatic carbocycles. The standard InChI is InChI=1S/C20H23N5O/c1-24(2)19(26)20(18-13-21-9-10-23-18)7-3-11-25(20)14-15-4-5-16-6-8-22-17(16)12-15/h4-6,8-10,12-13,22H,3,7,11,14H2,1-2H3/t20-/m1/s1. The van der Waals surface area contributed by atoms with Crippen LogP contribution in [-0.4, -0.2) is 51.3 Å². The summed E-state index contributed by atoms with van der Waals surface area (Å²) < 4.78 is 0. The Morgan fingerprint density at radius 3 is 2.96 bits per heavy atom. The highest BCUT2D eigenvalue weighted by atomic mass is 16.2. The quantitative estimate of drug-likeness (QED) is 0.786. The van der Waals surface area contributed by atoms with Crippen molar-refractivity contribution in [3.63, 3.8) is 0 Å². The van der Waals surface area contributed by atoms with Crippen molar-refractivity contribution >= 4 is 16.8 Å². The topological polar surface area (TPSA) is 65.1 Å². The van der Waals surface area contributed by atoms with Crippen LogP contribution in [0.5, 0.6) is 0 Å². The molecule has 6 nitrogen and oxygen atoms in total. The smallest absolute Gasteiger partial charge is 0.248 e. The number of carbonyl (C=O) groups is 1. The molecule has 6 heteroatoms. The lowest BCUT2D eigenvalue weighted by Crippen LogP contribution is -2.52. The molecule has 4 rings (SSSR count). The molecule has 1 aliphatic heterocycles. The third-order valence-electron chi connectivity index (χ3n) is 5.25. The van der Waals surface area contributed by atoms with Gasteiger partial charge in [0.15, 0.2) is 0 Å². The third kappa shape index (κ3) is 2.66. The molecule has 134 valence electrons. The van der Waals surface area contributed by atoms with E-state index >= 15 is 0 Å². The SMILES string of the molecule is CN(C)C(=O)[C@]1(c2cnccn2)CCCN1Cc1ccc2cc[nH]c2c1. The van der Waals surface area contributed by atoms with E-state index in [1.165, 1.54) is 10.9 Å². The van der Waals surface area contributed by atoms with E-state index in [4.69, 9.17) is 0 Å². The summed E-state index contributed by atoms with van der Waals surface area (Å²) in [5.41, 5.74) is 2.28. The van der Waals surface area contributed by atoms with Gasteiger partial charge < -0.3 is 9.88 Å². The number of carbonyl (C=O) groups excluding carboxylic acids is 1. The largest absolute Gasteiger partial charge is 0.361 e. The number of rotatable bonds is 4. The minimum atomic E-state index is -0.748. The van der Waals surface area contributed by atoms with Gasteiger partial charge in [-0.1, -0.05) is 12.1 Å². The van der Waals surface area contributed by atoms with E-state index in [9.17, 15) is 4.79 Å². The van der Waals surface area contributed by atoms with Crippen LogP contribution < -0.4 is 0 Å². The lowest BCUT2D eigenvalue weighted by molar-refractivity contribution is -0.141. The fraction of sp³-hybridized carbons (Fsp3) is 0.350.